The average Bonchev–Trinajstić information content (AvgIpc) is 2.39. The second-order valence-corrected chi connectivity index (χ2v) is 3.96. The Balaban J connectivity index is 1.99. The molecule has 2 rings (SSSR count). The zero-order valence-corrected chi connectivity index (χ0v) is 9.93. The van der Waals surface area contributed by atoms with Gasteiger partial charge in [-0.15, -0.1) is 0 Å². The van der Waals surface area contributed by atoms with Gasteiger partial charge in [0.15, 0.2) is 5.72 Å². The molecule has 3 heteroatoms. The van der Waals surface area contributed by atoms with E-state index in [4.69, 9.17) is 9.47 Å². The van der Waals surface area contributed by atoms with Crippen LogP contribution in [0, 0.1) is 0 Å². The quantitative estimate of drug-likeness (QED) is 0.843. The molecule has 0 amide bonds. The van der Waals surface area contributed by atoms with Crippen molar-refractivity contribution in [3.8, 4) is 0 Å². The van der Waals surface area contributed by atoms with Gasteiger partial charge in [-0.3, -0.25) is 0 Å². The fraction of sp³-hybridized carbons (Fsp3) is 0.286. The summed E-state index contributed by atoms with van der Waals surface area (Å²) in [6, 6.07) is 10.1. The van der Waals surface area contributed by atoms with Crippen LogP contribution >= 0.6 is 0 Å². The van der Waals surface area contributed by atoms with E-state index < -0.39 is 5.72 Å². The van der Waals surface area contributed by atoms with Gasteiger partial charge in [0.25, 0.3) is 0 Å². The molecule has 0 bridgehead atoms. The molecule has 0 saturated heterocycles. The number of rotatable bonds is 5. The minimum atomic E-state index is -0.556. The zero-order valence-electron chi connectivity index (χ0n) is 9.93. The SMILES string of the molecule is COCC1(OCc2ccccc2)C=CC=CN1. The van der Waals surface area contributed by atoms with Crippen LogP contribution in [0.25, 0.3) is 0 Å². The third-order valence-corrected chi connectivity index (χ3v) is 2.60. The Morgan fingerprint density at radius 3 is 2.65 bits per heavy atom. The van der Waals surface area contributed by atoms with E-state index in [1.165, 1.54) is 0 Å². The van der Waals surface area contributed by atoms with E-state index in [1.54, 1.807) is 7.11 Å². The summed E-state index contributed by atoms with van der Waals surface area (Å²) in [6.45, 7) is 1.02. The lowest BCUT2D eigenvalue weighted by Crippen LogP contribution is -2.48. The molecule has 0 saturated carbocycles. The van der Waals surface area contributed by atoms with E-state index in [0.29, 0.717) is 13.2 Å². The highest BCUT2D eigenvalue weighted by Crippen LogP contribution is 2.16. The van der Waals surface area contributed by atoms with Gasteiger partial charge in [-0.05, 0) is 23.9 Å². The summed E-state index contributed by atoms with van der Waals surface area (Å²) in [4.78, 5) is 0. The van der Waals surface area contributed by atoms with Gasteiger partial charge in [-0.2, -0.15) is 0 Å². The highest BCUT2D eigenvalue weighted by Gasteiger charge is 2.27. The monoisotopic (exact) mass is 231 g/mol. The topological polar surface area (TPSA) is 30.5 Å². The van der Waals surface area contributed by atoms with Crippen LogP contribution in [0.15, 0.2) is 54.8 Å². The van der Waals surface area contributed by atoms with Crippen molar-refractivity contribution in [1.29, 1.82) is 0 Å². The molecule has 0 aliphatic carbocycles. The fourth-order valence-electron chi connectivity index (χ4n) is 1.73. The Labute approximate surface area is 102 Å². The Hall–Kier alpha value is -1.58. The number of dihydropyridines is 1. The molecule has 1 aromatic carbocycles. The largest absolute Gasteiger partial charge is 0.379 e. The molecule has 1 heterocycles. The predicted molar refractivity (Wildman–Crippen MR) is 67.3 cm³/mol. The average molecular weight is 231 g/mol. The Morgan fingerprint density at radius 2 is 2.00 bits per heavy atom. The predicted octanol–water partition coefficient (Wildman–Crippen LogP) is 2.22. The molecular weight excluding hydrogens is 214 g/mol. The fourth-order valence-corrected chi connectivity index (χ4v) is 1.73. The van der Waals surface area contributed by atoms with Gasteiger partial charge in [-0.25, -0.2) is 0 Å². The van der Waals surface area contributed by atoms with E-state index in [0.717, 1.165) is 5.56 Å². The van der Waals surface area contributed by atoms with Crippen LogP contribution in [0.5, 0.6) is 0 Å². The number of methoxy groups -OCH3 is 1. The third-order valence-electron chi connectivity index (χ3n) is 2.60. The van der Waals surface area contributed by atoms with Crippen molar-refractivity contribution in [2.24, 2.45) is 0 Å². The number of benzene rings is 1. The van der Waals surface area contributed by atoms with E-state index in [9.17, 15) is 0 Å². The molecule has 0 spiro atoms. The van der Waals surface area contributed by atoms with Crippen LogP contribution in [-0.2, 0) is 16.1 Å². The van der Waals surface area contributed by atoms with Crippen LogP contribution < -0.4 is 5.32 Å². The number of hydrogen-bond acceptors (Lipinski definition) is 3. The van der Waals surface area contributed by atoms with E-state index >= 15 is 0 Å². The second kappa shape index (κ2) is 5.66. The first kappa shape index (κ1) is 11.9. The van der Waals surface area contributed by atoms with Crippen molar-refractivity contribution in [2.45, 2.75) is 12.3 Å². The van der Waals surface area contributed by atoms with Crippen molar-refractivity contribution in [2.75, 3.05) is 13.7 Å². The molecule has 1 aromatic rings. The summed E-state index contributed by atoms with van der Waals surface area (Å²) < 4.78 is 11.1. The molecular formula is C14H17NO2. The molecule has 1 aliphatic heterocycles. The molecule has 90 valence electrons. The maximum atomic E-state index is 5.92. The van der Waals surface area contributed by atoms with E-state index in [1.807, 2.05) is 54.8 Å². The first-order valence-electron chi connectivity index (χ1n) is 5.63. The van der Waals surface area contributed by atoms with Gasteiger partial charge >= 0.3 is 0 Å². The maximum Gasteiger partial charge on any atom is 0.181 e. The summed E-state index contributed by atoms with van der Waals surface area (Å²) in [5.74, 6) is 0. The van der Waals surface area contributed by atoms with Crippen molar-refractivity contribution in [3.05, 3.63) is 60.3 Å². The summed E-state index contributed by atoms with van der Waals surface area (Å²) in [7, 11) is 1.67. The van der Waals surface area contributed by atoms with E-state index in [2.05, 4.69) is 5.32 Å². The molecule has 1 atom stereocenters. The zero-order chi connectivity index (χ0) is 12.0. The van der Waals surface area contributed by atoms with Crippen molar-refractivity contribution in [3.63, 3.8) is 0 Å². The normalized spacial score (nSPS) is 22.4. The van der Waals surface area contributed by atoms with Gasteiger partial charge < -0.3 is 14.8 Å². The van der Waals surface area contributed by atoms with Crippen LogP contribution in [0.2, 0.25) is 0 Å². The highest BCUT2D eigenvalue weighted by atomic mass is 16.5. The molecule has 3 nitrogen and oxygen atoms in total. The van der Waals surface area contributed by atoms with Crippen molar-refractivity contribution in [1.82, 2.24) is 5.32 Å². The number of nitrogens with one attached hydrogen (secondary N) is 1. The van der Waals surface area contributed by atoms with Crippen LogP contribution in [0.1, 0.15) is 5.56 Å². The van der Waals surface area contributed by atoms with Gasteiger partial charge in [-0.1, -0.05) is 36.4 Å². The lowest BCUT2D eigenvalue weighted by Gasteiger charge is -2.32. The van der Waals surface area contributed by atoms with Gasteiger partial charge in [0.2, 0.25) is 0 Å². The summed E-state index contributed by atoms with van der Waals surface area (Å²) in [5, 5.41) is 3.19. The number of allylic oxidation sites excluding steroid dienone is 2. The first-order chi connectivity index (χ1) is 8.35. The van der Waals surface area contributed by atoms with Gasteiger partial charge in [0, 0.05) is 7.11 Å². The Kier molecular flexibility index (Phi) is 3.96. The molecule has 1 N–H and O–H groups in total. The Morgan fingerprint density at radius 1 is 1.18 bits per heavy atom. The smallest absolute Gasteiger partial charge is 0.181 e. The molecule has 1 aliphatic rings. The standard InChI is InChI=1S/C14H17NO2/c1-16-12-14(9-5-6-10-15-14)17-11-13-7-3-2-4-8-13/h2-10,15H,11-12H2,1H3. The van der Waals surface area contributed by atoms with Gasteiger partial charge in [0.1, 0.15) is 0 Å². The molecule has 0 fully saturated rings. The number of hydrogen-bond donors (Lipinski definition) is 1. The summed E-state index contributed by atoms with van der Waals surface area (Å²) in [5.41, 5.74) is 0.590. The van der Waals surface area contributed by atoms with Crippen LogP contribution in [0.3, 0.4) is 0 Å². The van der Waals surface area contributed by atoms with Crippen LogP contribution in [-0.4, -0.2) is 19.4 Å². The maximum absolute atomic E-state index is 5.92. The first-order valence-corrected chi connectivity index (χ1v) is 5.63. The van der Waals surface area contributed by atoms with Gasteiger partial charge in [0.05, 0.1) is 13.2 Å². The minimum absolute atomic E-state index is 0.473. The molecule has 17 heavy (non-hydrogen) atoms. The molecule has 0 aromatic heterocycles. The van der Waals surface area contributed by atoms with Crippen LogP contribution in [0.4, 0.5) is 0 Å². The molecule has 0 radical (unpaired) electrons. The summed E-state index contributed by atoms with van der Waals surface area (Å²) in [6.07, 6.45) is 7.73. The van der Waals surface area contributed by atoms with Crippen molar-refractivity contribution < 1.29 is 9.47 Å². The lowest BCUT2D eigenvalue weighted by molar-refractivity contribution is -0.0798. The van der Waals surface area contributed by atoms with E-state index in [-0.39, 0.29) is 0 Å². The molecule has 1 unspecified atom stereocenters. The lowest BCUT2D eigenvalue weighted by atomic mass is 10.1. The highest BCUT2D eigenvalue weighted by molar-refractivity contribution is 5.18. The second-order valence-electron chi connectivity index (χ2n) is 3.96. The minimum Gasteiger partial charge on any atom is -0.379 e. The third kappa shape index (κ3) is 3.19. The Bertz CT molecular complexity index is 400. The number of ether oxygens (including phenoxy) is 2. The van der Waals surface area contributed by atoms with Crippen molar-refractivity contribution >= 4 is 0 Å². The summed E-state index contributed by atoms with van der Waals surface area (Å²) >= 11 is 0.